The maximum Gasteiger partial charge on any atom is 0.240 e. The average Bonchev–Trinajstić information content (AvgIpc) is 2.46. The number of hydrogen-bond acceptors (Lipinski definition) is 4. The normalized spacial score (nSPS) is 17.3. The predicted molar refractivity (Wildman–Crippen MR) is 74.7 cm³/mol. The van der Waals surface area contributed by atoms with E-state index in [-0.39, 0.29) is 4.90 Å². The van der Waals surface area contributed by atoms with Gasteiger partial charge in [0.2, 0.25) is 10.0 Å². The molecule has 0 aromatic heterocycles. The molecule has 0 atom stereocenters. The summed E-state index contributed by atoms with van der Waals surface area (Å²) in [6.07, 6.45) is 2.11. The first kappa shape index (κ1) is 14.3. The van der Waals surface area contributed by atoms with Gasteiger partial charge in [-0.05, 0) is 44.0 Å². The molecule has 1 aliphatic rings. The highest BCUT2D eigenvalue weighted by atomic mass is 32.2. The van der Waals surface area contributed by atoms with E-state index < -0.39 is 10.0 Å². The van der Waals surface area contributed by atoms with Gasteiger partial charge >= 0.3 is 0 Å². The first-order valence-corrected chi connectivity index (χ1v) is 7.95. The van der Waals surface area contributed by atoms with Crippen molar-refractivity contribution in [1.82, 2.24) is 4.72 Å². The van der Waals surface area contributed by atoms with Gasteiger partial charge in [0.05, 0.1) is 4.90 Å². The van der Waals surface area contributed by atoms with Crippen LogP contribution in [0.15, 0.2) is 29.2 Å². The van der Waals surface area contributed by atoms with Crippen molar-refractivity contribution < 1.29 is 13.2 Å². The first-order chi connectivity index (χ1) is 9.12. The Hall–Kier alpha value is -1.11. The van der Waals surface area contributed by atoms with Crippen LogP contribution in [0.2, 0.25) is 0 Å². The Morgan fingerprint density at radius 2 is 2.05 bits per heavy atom. The summed E-state index contributed by atoms with van der Waals surface area (Å²) in [4.78, 5) is 0.284. The van der Waals surface area contributed by atoms with Crippen molar-refractivity contribution >= 4 is 15.7 Å². The van der Waals surface area contributed by atoms with Gasteiger partial charge in [0.1, 0.15) is 0 Å². The minimum absolute atomic E-state index is 0.284. The van der Waals surface area contributed by atoms with Crippen LogP contribution in [0, 0.1) is 5.92 Å². The fourth-order valence-corrected chi connectivity index (χ4v) is 2.88. The fraction of sp³-hybridized carbons (Fsp3) is 0.538. The van der Waals surface area contributed by atoms with Gasteiger partial charge in [0.25, 0.3) is 0 Å². The molecule has 1 aromatic rings. The lowest BCUT2D eigenvalue weighted by atomic mass is 10.0. The maximum absolute atomic E-state index is 11.7. The van der Waals surface area contributed by atoms with Crippen molar-refractivity contribution in [1.29, 1.82) is 0 Å². The van der Waals surface area contributed by atoms with Crippen LogP contribution in [0.25, 0.3) is 0 Å². The van der Waals surface area contributed by atoms with Gasteiger partial charge in [-0.25, -0.2) is 13.1 Å². The number of anilines is 1. The highest BCUT2D eigenvalue weighted by Crippen LogP contribution is 2.18. The Labute approximate surface area is 114 Å². The molecule has 0 saturated carbocycles. The topological polar surface area (TPSA) is 67.4 Å². The summed E-state index contributed by atoms with van der Waals surface area (Å²) in [5.74, 6) is 0.596. The molecule has 2 rings (SSSR count). The molecular weight excluding hydrogens is 264 g/mol. The van der Waals surface area contributed by atoms with E-state index in [1.165, 1.54) is 7.05 Å². The Morgan fingerprint density at radius 3 is 2.74 bits per heavy atom. The Balaban J connectivity index is 1.99. The van der Waals surface area contributed by atoms with E-state index in [0.29, 0.717) is 5.92 Å². The van der Waals surface area contributed by atoms with Crippen LogP contribution in [0.5, 0.6) is 0 Å². The molecular formula is C13H20N2O3S. The monoisotopic (exact) mass is 284 g/mol. The molecule has 0 amide bonds. The number of benzene rings is 1. The minimum Gasteiger partial charge on any atom is -0.385 e. The summed E-state index contributed by atoms with van der Waals surface area (Å²) >= 11 is 0. The lowest BCUT2D eigenvalue weighted by Gasteiger charge is -2.22. The van der Waals surface area contributed by atoms with Gasteiger partial charge < -0.3 is 10.1 Å². The van der Waals surface area contributed by atoms with Crippen molar-refractivity contribution in [2.24, 2.45) is 5.92 Å². The van der Waals surface area contributed by atoms with Crippen LogP contribution in [0.1, 0.15) is 12.8 Å². The molecule has 2 N–H and O–H groups in total. The van der Waals surface area contributed by atoms with E-state index in [9.17, 15) is 8.42 Å². The zero-order chi connectivity index (χ0) is 13.7. The molecule has 1 fully saturated rings. The summed E-state index contributed by atoms with van der Waals surface area (Å²) in [6, 6.07) is 6.88. The summed E-state index contributed by atoms with van der Waals surface area (Å²) in [5.41, 5.74) is 0.836. The van der Waals surface area contributed by atoms with Crippen LogP contribution in [-0.2, 0) is 14.8 Å². The van der Waals surface area contributed by atoms with Gasteiger partial charge in [0.15, 0.2) is 0 Å². The van der Waals surface area contributed by atoms with E-state index in [0.717, 1.165) is 38.3 Å². The van der Waals surface area contributed by atoms with Crippen LogP contribution >= 0.6 is 0 Å². The van der Waals surface area contributed by atoms with Crippen LogP contribution in [-0.4, -0.2) is 35.2 Å². The van der Waals surface area contributed by atoms with E-state index in [1.807, 2.05) is 6.07 Å². The van der Waals surface area contributed by atoms with E-state index in [4.69, 9.17) is 4.74 Å². The molecule has 1 heterocycles. The van der Waals surface area contributed by atoms with Crippen molar-refractivity contribution in [3.8, 4) is 0 Å². The highest BCUT2D eigenvalue weighted by Gasteiger charge is 2.14. The molecule has 0 spiro atoms. The second-order valence-corrected chi connectivity index (χ2v) is 6.56. The molecule has 0 aliphatic carbocycles. The van der Waals surface area contributed by atoms with Crippen LogP contribution in [0.4, 0.5) is 5.69 Å². The summed E-state index contributed by atoms with van der Waals surface area (Å²) in [6.45, 7) is 2.49. The average molecular weight is 284 g/mol. The maximum atomic E-state index is 11.7. The molecule has 1 aromatic carbocycles. The quantitative estimate of drug-likeness (QED) is 0.858. The standard InChI is InChI=1S/C13H20N2O3S/c1-14-19(16,17)13-4-2-3-12(9-13)15-10-11-5-7-18-8-6-11/h2-4,9,11,14-15H,5-8,10H2,1H3. The molecule has 6 heteroatoms. The lowest BCUT2D eigenvalue weighted by molar-refractivity contribution is 0.0699. The molecule has 1 aliphatic heterocycles. The number of nitrogens with one attached hydrogen (secondary N) is 2. The summed E-state index contributed by atoms with van der Waals surface area (Å²) in [7, 11) is -1.96. The number of sulfonamides is 1. The molecule has 0 unspecified atom stereocenters. The Kier molecular flexibility index (Phi) is 4.79. The zero-order valence-corrected chi connectivity index (χ0v) is 11.9. The third-order valence-electron chi connectivity index (χ3n) is 3.35. The van der Waals surface area contributed by atoms with Crippen LogP contribution < -0.4 is 10.0 Å². The lowest BCUT2D eigenvalue weighted by Crippen LogP contribution is -2.23. The minimum atomic E-state index is -3.37. The molecule has 0 radical (unpaired) electrons. The van der Waals surface area contributed by atoms with Gasteiger partial charge in [-0.15, -0.1) is 0 Å². The Morgan fingerprint density at radius 1 is 1.32 bits per heavy atom. The molecule has 5 nitrogen and oxygen atoms in total. The molecule has 1 saturated heterocycles. The predicted octanol–water partition coefficient (Wildman–Crippen LogP) is 1.43. The van der Waals surface area contributed by atoms with Gasteiger partial charge in [-0.2, -0.15) is 0 Å². The van der Waals surface area contributed by atoms with Gasteiger partial charge in [-0.3, -0.25) is 0 Å². The van der Waals surface area contributed by atoms with Crippen molar-refractivity contribution in [2.75, 3.05) is 32.1 Å². The van der Waals surface area contributed by atoms with E-state index in [1.54, 1.807) is 18.2 Å². The largest absolute Gasteiger partial charge is 0.385 e. The zero-order valence-electron chi connectivity index (χ0n) is 11.1. The molecule has 106 valence electrons. The fourth-order valence-electron chi connectivity index (χ4n) is 2.10. The number of hydrogen-bond donors (Lipinski definition) is 2. The van der Waals surface area contributed by atoms with E-state index in [2.05, 4.69) is 10.0 Å². The third-order valence-corrected chi connectivity index (χ3v) is 4.76. The van der Waals surface area contributed by atoms with Crippen molar-refractivity contribution in [2.45, 2.75) is 17.7 Å². The van der Waals surface area contributed by atoms with Gasteiger partial charge in [-0.1, -0.05) is 6.07 Å². The molecule has 19 heavy (non-hydrogen) atoms. The SMILES string of the molecule is CNS(=O)(=O)c1cccc(NCC2CCOCC2)c1. The number of ether oxygens (including phenoxy) is 1. The first-order valence-electron chi connectivity index (χ1n) is 6.47. The Bertz CT molecular complexity index is 510. The van der Waals surface area contributed by atoms with Crippen LogP contribution in [0.3, 0.4) is 0 Å². The van der Waals surface area contributed by atoms with Crippen molar-refractivity contribution in [3.63, 3.8) is 0 Å². The third kappa shape index (κ3) is 3.92. The van der Waals surface area contributed by atoms with Crippen molar-refractivity contribution in [3.05, 3.63) is 24.3 Å². The molecule has 0 bridgehead atoms. The summed E-state index contributed by atoms with van der Waals surface area (Å²) < 4.78 is 31.0. The smallest absolute Gasteiger partial charge is 0.240 e. The summed E-state index contributed by atoms with van der Waals surface area (Å²) in [5, 5.41) is 3.30. The second-order valence-electron chi connectivity index (χ2n) is 4.67. The van der Waals surface area contributed by atoms with E-state index >= 15 is 0 Å². The van der Waals surface area contributed by atoms with Gasteiger partial charge in [0, 0.05) is 25.4 Å². The highest BCUT2D eigenvalue weighted by molar-refractivity contribution is 7.89. The number of rotatable bonds is 5. The second kappa shape index (κ2) is 6.36.